The first-order valence-electron chi connectivity index (χ1n) is 6.82. The minimum Gasteiger partial charge on any atom is -1.00 e. The quantitative estimate of drug-likeness (QED) is 0.305. The number of nitro groups is 1. The number of aromatic nitrogens is 1. The Bertz CT molecular complexity index is 731. The van der Waals surface area contributed by atoms with Gasteiger partial charge in [0.1, 0.15) is 0 Å². The zero-order chi connectivity index (χ0) is 16.5. The van der Waals surface area contributed by atoms with Crippen molar-refractivity contribution >= 4 is 23.9 Å². The number of halogens is 1. The van der Waals surface area contributed by atoms with Gasteiger partial charge in [-0.15, -0.1) is 0 Å². The number of nitro benzene ring substituents is 1. The highest BCUT2D eigenvalue weighted by molar-refractivity contribution is 5.80. The second-order valence-electron chi connectivity index (χ2n) is 4.57. The summed E-state index contributed by atoms with van der Waals surface area (Å²) in [5, 5.41) is 14.3. The number of hydrazone groups is 1. The number of rotatable bonds is 6. The number of hydrogen-bond acceptors (Lipinski definition) is 4. The molecule has 24 heavy (non-hydrogen) atoms. The first-order valence-corrected chi connectivity index (χ1v) is 6.82. The van der Waals surface area contributed by atoms with E-state index in [1.165, 1.54) is 18.3 Å². The molecule has 124 valence electrons. The standard InChI is InChI=1S/C16H14N4O3.ClH/c21-16(13-19-11-2-1-3-12-19)18-17-10-4-5-14-6-8-15(9-7-14)20(22)23;/h1-12H,13H2;1H/b5-4+,17-10+;. The Hall–Kier alpha value is -3.06. The smallest absolute Gasteiger partial charge is 0.305 e. The predicted molar refractivity (Wildman–Crippen MR) is 85.4 cm³/mol. The van der Waals surface area contributed by atoms with Gasteiger partial charge in [-0.05, 0) is 23.8 Å². The molecule has 0 aliphatic rings. The minimum atomic E-state index is -0.449. The zero-order valence-corrected chi connectivity index (χ0v) is 13.3. The number of nitrogens with one attached hydrogen (secondary N) is 1. The number of nitrogens with zero attached hydrogens (tertiary/aromatic N) is 3. The lowest BCUT2D eigenvalue weighted by Crippen LogP contribution is -3.00. The average molecular weight is 347 g/mol. The van der Waals surface area contributed by atoms with Crippen LogP contribution in [0.4, 0.5) is 5.69 Å². The number of benzene rings is 1. The lowest BCUT2D eigenvalue weighted by molar-refractivity contribution is -0.684. The maximum atomic E-state index is 11.6. The van der Waals surface area contributed by atoms with E-state index >= 15 is 0 Å². The Morgan fingerprint density at radius 1 is 1.21 bits per heavy atom. The van der Waals surface area contributed by atoms with E-state index in [1.807, 2.05) is 18.2 Å². The molecule has 0 fully saturated rings. The predicted octanol–water partition coefficient (Wildman–Crippen LogP) is -1.30. The van der Waals surface area contributed by atoms with Crippen LogP contribution in [-0.4, -0.2) is 17.0 Å². The van der Waals surface area contributed by atoms with E-state index < -0.39 is 4.92 Å². The van der Waals surface area contributed by atoms with E-state index in [0.717, 1.165) is 5.56 Å². The number of carbonyl (C=O) groups is 1. The average Bonchev–Trinajstić information content (AvgIpc) is 2.56. The molecule has 1 N–H and O–H groups in total. The Balaban J connectivity index is 0.00000288. The molecule has 7 nitrogen and oxygen atoms in total. The molecule has 0 aliphatic heterocycles. The van der Waals surface area contributed by atoms with Crippen LogP contribution in [0.2, 0.25) is 0 Å². The van der Waals surface area contributed by atoms with Crippen LogP contribution in [0.15, 0.2) is 66.0 Å². The minimum absolute atomic E-state index is 0. The van der Waals surface area contributed by atoms with Crippen molar-refractivity contribution in [1.82, 2.24) is 5.43 Å². The van der Waals surface area contributed by atoms with Gasteiger partial charge in [0, 0.05) is 30.5 Å². The summed E-state index contributed by atoms with van der Waals surface area (Å²) in [4.78, 5) is 21.7. The van der Waals surface area contributed by atoms with Gasteiger partial charge in [-0.3, -0.25) is 14.9 Å². The molecule has 0 aliphatic carbocycles. The maximum absolute atomic E-state index is 11.6. The van der Waals surface area contributed by atoms with Crippen LogP contribution in [0, 0.1) is 10.1 Å². The van der Waals surface area contributed by atoms with Crippen LogP contribution < -0.4 is 22.4 Å². The fraction of sp³-hybridized carbons (Fsp3) is 0.0625. The molecule has 2 rings (SSSR count). The molecule has 0 unspecified atom stereocenters. The van der Waals surface area contributed by atoms with Gasteiger partial charge in [0.2, 0.25) is 6.54 Å². The highest BCUT2D eigenvalue weighted by Crippen LogP contribution is 2.12. The van der Waals surface area contributed by atoms with Crippen molar-refractivity contribution in [2.45, 2.75) is 6.54 Å². The first-order chi connectivity index (χ1) is 11.1. The van der Waals surface area contributed by atoms with Crippen molar-refractivity contribution < 1.29 is 26.7 Å². The molecular weight excluding hydrogens is 332 g/mol. The Morgan fingerprint density at radius 2 is 1.88 bits per heavy atom. The largest absolute Gasteiger partial charge is 1.00 e. The highest BCUT2D eigenvalue weighted by atomic mass is 35.5. The van der Waals surface area contributed by atoms with E-state index in [-0.39, 0.29) is 30.5 Å². The number of allylic oxidation sites excluding steroid dienone is 1. The maximum Gasteiger partial charge on any atom is 0.305 e. The molecule has 1 heterocycles. The normalized spacial score (nSPS) is 10.5. The van der Waals surface area contributed by atoms with E-state index in [0.29, 0.717) is 0 Å². The second kappa shape index (κ2) is 9.86. The Kier molecular flexibility index (Phi) is 7.80. The van der Waals surface area contributed by atoms with E-state index in [1.54, 1.807) is 41.2 Å². The summed E-state index contributed by atoms with van der Waals surface area (Å²) >= 11 is 0. The highest BCUT2D eigenvalue weighted by Gasteiger charge is 2.06. The summed E-state index contributed by atoms with van der Waals surface area (Å²) in [7, 11) is 0. The van der Waals surface area contributed by atoms with E-state index in [9.17, 15) is 14.9 Å². The topological polar surface area (TPSA) is 88.5 Å². The lowest BCUT2D eigenvalue weighted by atomic mass is 10.2. The van der Waals surface area contributed by atoms with Crippen molar-refractivity contribution in [3.05, 3.63) is 76.6 Å². The number of carbonyl (C=O) groups excluding carboxylic acids is 1. The van der Waals surface area contributed by atoms with Crippen molar-refractivity contribution in [3.63, 3.8) is 0 Å². The summed E-state index contributed by atoms with van der Waals surface area (Å²) in [5.74, 6) is -0.235. The molecule has 0 atom stereocenters. The zero-order valence-electron chi connectivity index (χ0n) is 12.6. The fourth-order valence-corrected chi connectivity index (χ4v) is 1.75. The summed E-state index contributed by atoms with van der Waals surface area (Å²) < 4.78 is 1.73. The molecular formula is C16H15ClN4O3. The SMILES string of the molecule is O=C(C[n+]1ccccc1)N/N=C/C=C/c1ccc([N+](=O)[O-])cc1.[Cl-]. The lowest BCUT2D eigenvalue weighted by Gasteiger charge is -1.95. The van der Waals surface area contributed by atoms with Gasteiger partial charge in [0.05, 0.1) is 4.92 Å². The second-order valence-corrected chi connectivity index (χ2v) is 4.57. The Morgan fingerprint density at radius 3 is 2.50 bits per heavy atom. The van der Waals surface area contributed by atoms with Crippen LogP contribution in [0.1, 0.15) is 5.56 Å². The van der Waals surface area contributed by atoms with Gasteiger partial charge in [-0.2, -0.15) is 9.67 Å². The van der Waals surface area contributed by atoms with Crippen LogP contribution in [0.5, 0.6) is 0 Å². The monoisotopic (exact) mass is 346 g/mol. The van der Waals surface area contributed by atoms with Gasteiger partial charge in [0.15, 0.2) is 12.4 Å². The van der Waals surface area contributed by atoms with E-state index in [2.05, 4.69) is 10.5 Å². The summed E-state index contributed by atoms with van der Waals surface area (Å²) in [6.45, 7) is 0.185. The molecule has 0 saturated carbocycles. The molecule has 1 aromatic carbocycles. The summed E-state index contributed by atoms with van der Waals surface area (Å²) in [6.07, 6.45) is 8.38. The number of non-ortho nitro benzene ring substituents is 1. The van der Waals surface area contributed by atoms with Gasteiger partial charge in [-0.1, -0.05) is 12.1 Å². The van der Waals surface area contributed by atoms with Crippen molar-refractivity contribution in [1.29, 1.82) is 0 Å². The van der Waals surface area contributed by atoms with Gasteiger partial charge in [-0.25, -0.2) is 5.43 Å². The molecule has 1 aromatic heterocycles. The van der Waals surface area contributed by atoms with Gasteiger partial charge >= 0.3 is 5.91 Å². The number of pyridine rings is 1. The van der Waals surface area contributed by atoms with Crippen LogP contribution in [0.25, 0.3) is 6.08 Å². The third kappa shape index (κ3) is 6.37. The van der Waals surface area contributed by atoms with Gasteiger partial charge in [0.25, 0.3) is 5.69 Å². The molecule has 2 aromatic rings. The van der Waals surface area contributed by atoms with Crippen LogP contribution in [-0.2, 0) is 11.3 Å². The fourth-order valence-electron chi connectivity index (χ4n) is 1.75. The molecule has 8 heteroatoms. The van der Waals surface area contributed by atoms with Crippen molar-refractivity contribution in [2.24, 2.45) is 5.10 Å². The van der Waals surface area contributed by atoms with Crippen molar-refractivity contribution in [3.8, 4) is 0 Å². The number of amides is 1. The third-order valence-electron chi connectivity index (χ3n) is 2.85. The molecule has 0 saturated heterocycles. The van der Waals surface area contributed by atoms with Crippen LogP contribution >= 0.6 is 0 Å². The molecule has 0 radical (unpaired) electrons. The van der Waals surface area contributed by atoms with Crippen molar-refractivity contribution in [2.75, 3.05) is 0 Å². The summed E-state index contributed by atoms with van der Waals surface area (Å²) in [6, 6.07) is 11.7. The third-order valence-corrected chi connectivity index (χ3v) is 2.85. The van der Waals surface area contributed by atoms with E-state index in [4.69, 9.17) is 0 Å². The summed E-state index contributed by atoms with van der Waals surface area (Å²) in [5.41, 5.74) is 3.25. The first kappa shape index (κ1) is 19.0. The molecule has 0 spiro atoms. The molecule has 0 bridgehead atoms. The number of hydrogen-bond donors (Lipinski definition) is 1. The van der Waals surface area contributed by atoms with Gasteiger partial charge < -0.3 is 12.4 Å². The van der Waals surface area contributed by atoms with Crippen LogP contribution in [0.3, 0.4) is 0 Å². The molecule has 1 amide bonds. The Labute approximate surface area is 144 Å².